The van der Waals surface area contributed by atoms with Crippen LogP contribution in [0.15, 0.2) is 28.7 Å². The van der Waals surface area contributed by atoms with Crippen LogP contribution in [-0.4, -0.2) is 90.3 Å². The van der Waals surface area contributed by atoms with Crippen LogP contribution >= 0.6 is 9.24 Å². The summed E-state index contributed by atoms with van der Waals surface area (Å²) in [5.41, 5.74) is 9.25. The fourth-order valence-electron chi connectivity index (χ4n) is 10.0. The first-order chi connectivity index (χ1) is 20.9. The molecule has 3 unspecified atom stereocenters. The molecule has 6 N–H and O–H groups in total. The van der Waals surface area contributed by atoms with E-state index < -0.39 is 28.8 Å². The van der Waals surface area contributed by atoms with Crippen LogP contribution in [0.4, 0.5) is 5.69 Å². The van der Waals surface area contributed by atoms with Crippen molar-refractivity contribution in [2.45, 2.75) is 76.7 Å². The minimum absolute atomic E-state index is 0.0976. The number of aliphatic hydroxyl groups excluding tert-OH is 2. The average Bonchev–Trinajstić information content (AvgIpc) is 3.26. The molecule has 9 nitrogen and oxygen atoms in total. The van der Waals surface area contributed by atoms with Gasteiger partial charge in [-0.05, 0) is 36.0 Å². The first-order valence-electron chi connectivity index (χ1n) is 16.0. The molecule has 0 spiro atoms. The number of hydrogen-bond donors (Lipinski definition) is 5. The zero-order valence-electron chi connectivity index (χ0n) is 27.6. The van der Waals surface area contributed by atoms with E-state index >= 15 is 0 Å². The number of aliphatic hydroxyl groups is 2. The summed E-state index contributed by atoms with van der Waals surface area (Å²) in [6.45, 7) is 7.77. The van der Waals surface area contributed by atoms with Crippen LogP contribution in [0.3, 0.4) is 0 Å². The number of phenols is 1. The zero-order chi connectivity index (χ0) is 33.1. The molecular formula is C34H48BN4O5P. The molecule has 2 saturated carbocycles. The first kappa shape index (κ1) is 32.3. The fourth-order valence-corrected chi connectivity index (χ4v) is 10.7. The molecule has 1 aromatic rings. The maximum atomic E-state index is 14.3. The Kier molecular flexibility index (Phi) is 7.47. The average molecular weight is 635 g/mol. The number of hydrogen-bond acceptors (Lipinski definition) is 8. The van der Waals surface area contributed by atoms with E-state index in [1.54, 1.807) is 20.2 Å². The number of fused-ring (bicyclic) bond motifs is 5. The first-order valence-corrected chi connectivity index (χ1v) is 16.6. The fraction of sp³-hybridized carbons (Fsp3) is 0.618. The second-order valence-electron chi connectivity index (χ2n) is 15.4. The molecular weight excluding hydrogens is 586 g/mol. The van der Waals surface area contributed by atoms with E-state index in [0.717, 1.165) is 23.2 Å². The van der Waals surface area contributed by atoms with Gasteiger partial charge in [0.05, 0.1) is 0 Å². The van der Waals surface area contributed by atoms with Crippen molar-refractivity contribution in [3.8, 4) is 5.75 Å². The van der Waals surface area contributed by atoms with E-state index in [2.05, 4.69) is 42.8 Å². The SMILES string of the molecule is B=C1C(C(N)=O)=C(O)[C@@H](N(C)C)[C@@H]2C[C@@H]3Cc4c(c(O)cc(CN[C@H]5CC6CCC5(C)C6(C)C)c4N(C)C)C(=O)C3=C(O)[C@]12P. The van der Waals surface area contributed by atoms with Crippen molar-refractivity contribution in [3.63, 3.8) is 0 Å². The molecule has 0 aliphatic heterocycles. The van der Waals surface area contributed by atoms with Crippen molar-refractivity contribution in [1.29, 1.82) is 0 Å². The number of anilines is 1. The molecule has 0 heterocycles. The quantitative estimate of drug-likeness (QED) is 0.238. The van der Waals surface area contributed by atoms with Crippen molar-refractivity contribution < 1.29 is 24.9 Å². The molecule has 2 fully saturated rings. The number of nitrogens with zero attached hydrogens (tertiary/aromatic N) is 2. The zero-order valence-corrected chi connectivity index (χ0v) is 28.8. The Morgan fingerprint density at radius 1 is 1.16 bits per heavy atom. The van der Waals surface area contributed by atoms with Gasteiger partial charge >= 0.3 is 213 Å². The van der Waals surface area contributed by atoms with Gasteiger partial charge in [0.25, 0.3) is 0 Å². The molecule has 5 aliphatic carbocycles. The van der Waals surface area contributed by atoms with E-state index in [0.29, 0.717) is 31.3 Å². The number of ketones is 1. The third-order valence-electron chi connectivity index (χ3n) is 12.9. The molecule has 1 aromatic carbocycles. The van der Waals surface area contributed by atoms with Gasteiger partial charge in [-0.3, -0.25) is 0 Å². The normalized spacial score (nSPS) is 35.1. The predicted octanol–water partition coefficient (Wildman–Crippen LogP) is 2.88. The van der Waals surface area contributed by atoms with Crippen molar-refractivity contribution in [2.24, 2.45) is 34.3 Å². The van der Waals surface area contributed by atoms with Gasteiger partial charge in [-0.15, -0.1) is 0 Å². The molecule has 5 aliphatic rings. The summed E-state index contributed by atoms with van der Waals surface area (Å²) in [5, 5.41) is 37.2. The van der Waals surface area contributed by atoms with E-state index in [1.165, 1.54) is 12.8 Å². The summed E-state index contributed by atoms with van der Waals surface area (Å²) in [5.74, 6) is -1.82. The van der Waals surface area contributed by atoms with Gasteiger partial charge in [0.1, 0.15) is 0 Å². The summed E-state index contributed by atoms with van der Waals surface area (Å²) in [6.07, 6.45) is 4.49. The molecule has 0 aromatic heterocycles. The Balaban J connectivity index is 1.42. The Bertz CT molecular complexity index is 1600. The number of Topliss-reactive ketones (excluding diaryl/α,β-unsaturated/α-hetero) is 1. The number of nitrogens with one attached hydrogen (secondary N) is 1. The molecule has 0 saturated heterocycles. The predicted molar refractivity (Wildman–Crippen MR) is 182 cm³/mol. The van der Waals surface area contributed by atoms with Gasteiger partial charge in [-0.25, -0.2) is 0 Å². The van der Waals surface area contributed by atoms with Gasteiger partial charge in [-0.1, -0.05) is 20.8 Å². The number of benzene rings is 1. The van der Waals surface area contributed by atoms with Gasteiger partial charge in [0.2, 0.25) is 0 Å². The Hall–Kier alpha value is -2.68. The summed E-state index contributed by atoms with van der Waals surface area (Å²) < 4.78 is 0. The number of likely N-dealkylation sites (N-methyl/N-ethyl adjacent to an activating group) is 1. The number of rotatable bonds is 6. The number of carbonyl (C=O) groups excluding carboxylic acids is 2. The second kappa shape index (κ2) is 10.4. The topological polar surface area (TPSA) is 139 Å². The van der Waals surface area contributed by atoms with Crippen molar-refractivity contribution in [2.75, 3.05) is 33.1 Å². The number of primary amides is 1. The van der Waals surface area contributed by atoms with Crippen LogP contribution in [0.1, 0.15) is 67.9 Å². The Morgan fingerprint density at radius 3 is 2.36 bits per heavy atom. The standard InChI is InChI=1S/C34H48BN4O5P/c1-32(2)17-8-9-33(32,3)21(13-17)37-14-16-12-20(40)23-18(25(16)38(4)5)10-15-11-19-26(39(6)7)28(42)24(31(36)44)29(35)34(19,45)30(43)22(15)27(23)41/h12,15,17,19,21,26,35,37,40,42-43H,8-11,13-14,45H2,1-7H3,(H2,36,44)/t15-,17?,19-,21-,26-,33?,34+/m0/s1. The van der Waals surface area contributed by atoms with Gasteiger partial charge in [-0.2, -0.15) is 0 Å². The van der Waals surface area contributed by atoms with Crippen molar-refractivity contribution >= 4 is 39.6 Å². The number of phenolic OH excluding ortho intramolecular Hbond substituents is 1. The molecule has 242 valence electrons. The number of nitrogens with two attached hydrogens (primary N) is 1. The molecule has 1 amide bonds. The van der Waals surface area contributed by atoms with E-state index in [9.17, 15) is 24.9 Å². The van der Waals surface area contributed by atoms with Crippen molar-refractivity contribution in [1.82, 2.24) is 10.2 Å². The molecule has 11 heteroatoms. The third-order valence-corrected chi connectivity index (χ3v) is 13.9. The molecule has 6 rings (SSSR count). The van der Waals surface area contributed by atoms with Crippen LogP contribution < -0.4 is 16.0 Å². The summed E-state index contributed by atoms with van der Waals surface area (Å²) >= 11 is 0. The number of aromatic hydroxyl groups is 1. The maximum absolute atomic E-state index is 14.3. The number of allylic oxidation sites excluding steroid dienone is 2. The van der Waals surface area contributed by atoms with E-state index in [-0.39, 0.29) is 56.2 Å². The van der Waals surface area contributed by atoms with Crippen LogP contribution in [0.25, 0.3) is 0 Å². The Labute approximate surface area is 269 Å². The van der Waals surface area contributed by atoms with E-state index in [4.69, 9.17) is 5.73 Å². The van der Waals surface area contributed by atoms with Gasteiger partial charge in [0.15, 0.2) is 0 Å². The minimum atomic E-state index is -1.29. The van der Waals surface area contributed by atoms with Crippen LogP contribution in [0.2, 0.25) is 0 Å². The number of amides is 1. The molecule has 2 bridgehead atoms. The molecule has 0 radical (unpaired) electrons. The molecule has 8 atom stereocenters. The van der Waals surface area contributed by atoms with Crippen LogP contribution in [0.5, 0.6) is 5.75 Å². The van der Waals surface area contributed by atoms with Crippen molar-refractivity contribution in [3.05, 3.63) is 45.4 Å². The summed E-state index contributed by atoms with van der Waals surface area (Å²) in [7, 11) is 14.2. The van der Waals surface area contributed by atoms with Crippen LogP contribution in [0, 0.1) is 28.6 Å². The van der Waals surface area contributed by atoms with E-state index in [1.807, 2.05) is 23.9 Å². The van der Waals surface area contributed by atoms with Gasteiger partial charge in [0, 0.05) is 0 Å². The second-order valence-corrected chi connectivity index (χ2v) is 16.3. The summed E-state index contributed by atoms with van der Waals surface area (Å²) in [6, 6.07) is 1.43. The molecule has 45 heavy (non-hydrogen) atoms. The third kappa shape index (κ3) is 4.20. The van der Waals surface area contributed by atoms with Crippen LogP contribution in [-0.2, 0) is 17.8 Å². The monoisotopic (exact) mass is 634 g/mol. The van der Waals surface area contributed by atoms with Gasteiger partial charge < -0.3 is 0 Å². The Morgan fingerprint density at radius 2 is 1.82 bits per heavy atom. The summed E-state index contributed by atoms with van der Waals surface area (Å²) in [4.78, 5) is 30.7. The number of carbonyl (C=O) groups is 2.